The predicted octanol–water partition coefficient (Wildman–Crippen LogP) is 3.49. The van der Waals surface area contributed by atoms with Crippen LogP contribution in [0, 0.1) is 11.3 Å². The number of Topliss-reactive ketones (excluding diaryl/α,β-unsaturated/α-hetero) is 1. The second-order valence-corrected chi connectivity index (χ2v) is 5.04. The normalized spacial score (nSPS) is 32.2. The molecule has 2 saturated carbocycles. The Balaban J connectivity index is 2.27. The number of carbonyl (C=O) groups excluding carboxylic acids is 1. The second-order valence-electron chi connectivity index (χ2n) is 5.04. The number of allylic oxidation sites excluding steroid dienone is 1. The molecule has 1 atom stereocenters. The minimum atomic E-state index is 0.202. The molecule has 0 aromatic rings. The van der Waals surface area contributed by atoms with E-state index < -0.39 is 0 Å². The fraction of sp³-hybridized carbons (Fsp3) is 0.769. The Morgan fingerprint density at radius 3 is 2.21 bits per heavy atom. The molecule has 0 aliphatic heterocycles. The van der Waals surface area contributed by atoms with E-state index in [0.29, 0.717) is 12.2 Å². The maximum absolute atomic E-state index is 11.7. The molecule has 14 heavy (non-hydrogen) atoms. The lowest BCUT2D eigenvalue weighted by Crippen LogP contribution is -2.26. The molecule has 0 saturated heterocycles. The molecular formula is C13H20O. The van der Waals surface area contributed by atoms with Gasteiger partial charge in [-0.25, -0.2) is 0 Å². The second kappa shape index (κ2) is 3.52. The van der Waals surface area contributed by atoms with Crippen LogP contribution >= 0.6 is 0 Å². The van der Waals surface area contributed by atoms with Crippen LogP contribution in [0.15, 0.2) is 12.2 Å². The van der Waals surface area contributed by atoms with Crippen LogP contribution in [0.4, 0.5) is 0 Å². The number of hydrogen-bond acceptors (Lipinski definition) is 1. The summed E-state index contributed by atoms with van der Waals surface area (Å²) in [6.07, 6.45) is 8.33. The van der Waals surface area contributed by atoms with E-state index in [9.17, 15) is 4.79 Å². The molecule has 1 heteroatoms. The summed E-state index contributed by atoms with van der Waals surface area (Å²) in [5, 5.41) is 0. The van der Waals surface area contributed by atoms with Gasteiger partial charge in [0, 0.05) is 17.8 Å². The van der Waals surface area contributed by atoms with Gasteiger partial charge in [-0.2, -0.15) is 0 Å². The van der Waals surface area contributed by atoms with Crippen molar-refractivity contribution in [3.8, 4) is 0 Å². The van der Waals surface area contributed by atoms with Crippen LogP contribution < -0.4 is 0 Å². The van der Waals surface area contributed by atoms with Gasteiger partial charge in [-0.05, 0) is 12.8 Å². The number of rotatable bonds is 0. The molecule has 2 aliphatic rings. The summed E-state index contributed by atoms with van der Waals surface area (Å²) in [6.45, 7) is 6.27. The van der Waals surface area contributed by atoms with E-state index in [1.54, 1.807) is 0 Å². The van der Waals surface area contributed by atoms with Gasteiger partial charge >= 0.3 is 0 Å². The fourth-order valence-electron chi connectivity index (χ4n) is 3.30. The average molecular weight is 192 g/mol. The molecule has 0 amide bonds. The van der Waals surface area contributed by atoms with E-state index in [4.69, 9.17) is 0 Å². The van der Waals surface area contributed by atoms with Gasteiger partial charge in [-0.15, -0.1) is 0 Å². The van der Waals surface area contributed by atoms with Gasteiger partial charge < -0.3 is 0 Å². The highest BCUT2D eigenvalue weighted by molar-refractivity contribution is 5.88. The molecule has 0 N–H and O–H groups in total. The smallest absolute Gasteiger partial charge is 0.140 e. The van der Waals surface area contributed by atoms with Crippen LogP contribution in [-0.4, -0.2) is 5.78 Å². The van der Waals surface area contributed by atoms with Gasteiger partial charge in [0.25, 0.3) is 0 Å². The Bertz CT molecular complexity index is 256. The number of carbonyl (C=O) groups is 1. The minimum Gasteiger partial charge on any atom is -0.299 e. The van der Waals surface area contributed by atoms with E-state index in [2.05, 4.69) is 13.5 Å². The van der Waals surface area contributed by atoms with Crippen molar-refractivity contribution in [1.82, 2.24) is 0 Å². The Morgan fingerprint density at radius 2 is 1.79 bits per heavy atom. The van der Waals surface area contributed by atoms with E-state index in [-0.39, 0.29) is 11.3 Å². The van der Waals surface area contributed by atoms with Crippen molar-refractivity contribution < 1.29 is 4.79 Å². The third-order valence-corrected chi connectivity index (χ3v) is 4.40. The summed E-state index contributed by atoms with van der Waals surface area (Å²) < 4.78 is 0. The lowest BCUT2D eigenvalue weighted by molar-refractivity contribution is -0.121. The molecule has 1 unspecified atom stereocenters. The van der Waals surface area contributed by atoms with Crippen molar-refractivity contribution in [2.75, 3.05) is 0 Å². The van der Waals surface area contributed by atoms with E-state index in [1.165, 1.54) is 44.1 Å². The summed E-state index contributed by atoms with van der Waals surface area (Å²) in [6, 6.07) is 0. The van der Waals surface area contributed by atoms with Gasteiger partial charge in [-0.3, -0.25) is 4.79 Å². The van der Waals surface area contributed by atoms with Gasteiger partial charge in [-0.1, -0.05) is 44.8 Å². The molecule has 0 aromatic heterocycles. The van der Waals surface area contributed by atoms with Crippen LogP contribution in [-0.2, 0) is 4.79 Å². The van der Waals surface area contributed by atoms with Crippen LogP contribution in [0.5, 0.6) is 0 Å². The first kappa shape index (κ1) is 9.95. The zero-order valence-electron chi connectivity index (χ0n) is 9.14. The minimum absolute atomic E-state index is 0.202. The maximum Gasteiger partial charge on any atom is 0.140 e. The molecule has 1 spiro atoms. The molecule has 1 nitrogen and oxygen atoms in total. The summed E-state index contributed by atoms with van der Waals surface area (Å²) >= 11 is 0. The average Bonchev–Trinajstić information content (AvgIpc) is 2.38. The first-order valence-corrected chi connectivity index (χ1v) is 5.88. The van der Waals surface area contributed by atoms with Crippen molar-refractivity contribution in [3.63, 3.8) is 0 Å². The van der Waals surface area contributed by atoms with Crippen LogP contribution in [0.25, 0.3) is 0 Å². The SMILES string of the molecule is C=C1CC(=O)C(C)C12CCCCCC2. The van der Waals surface area contributed by atoms with Crippen molar-refractivity contribution in [2.45, 2.75) is 51.9 Å². The topological polar surface area (TPSA) is 17.1 Å². The Labute approximate surface area is 86.6 Å². The van der Waals surface area contributed by atoms with Gasteiger partial charge in [0.15, 0.2) is 0 Å². The van der Waals surface area contributed by atoms with Crippen molar-refractivity contribution in [1.29, 1.82) is 0 Å². The Kier molecular flexibility index (Phi) is 2.50. The first-order chi connectivity index (χ1) is 6.67. The van der Waals surface area contributed by atoms with Gasteiger partial charge in [0.2, 0.25) is 0 Å². The number of hydrogen-bond donors (Lipinski definition) is 0. The third-order valence-electron chi connectivity index (χ3n) is 4.40. The summed E-state index contributed by atoms with van der Waals surface area (Å²) in [4.78, 5) is 11.7. The largest absolute Gasteiger partial charge is 0.299 e. The number of ketones is 1. The first-order valence-electron chi connectivity index (χ1n) is 5.88. The van der Waals surface area contributed by atoms with Crippen LogP contribution in [0.2, 0.25) is 0 Å². The van der Waals surface area contributed by atoms with Gasteiger partial charge in [0.1, 0.15) is 5.78 Å². The zero-order valence-corrected chi connectivity index (χ0v) is 9.14. The Morgan fingerprint density at radius 1 is 1.21 bits per heavy atom. The van der Waals surface area contributed by atoms with E-state index in [0.717, 1.165) is 0 Å². The van der Waals surface area contributed by atoms with Crippen LogP contribution in [0.3, 0.4) is 0 Å². The molecule has 0 heterocycles. The van der Waals surface area contributed by atoms with Crippen LogP contribution in [0.1, 0.15) is 51.9 Å². The lowest BCUT2D eigenvalue weighted by atomic mass is 9.70. The van der Waals surface area contributed by atoms with E-state index in [1.807, 2.05) is 0 Å². The quantitative estimate of drug-likeness (QED) is 0.537. The third kappa shape index (κ3) is 1.34. The molecule has 0 radical (unpaired) electrons. The zero-order chi connectivity index (χ0) is 10.2. The van der Waals surface area contributed by atoms with Crippen molar-refractivity contribution >= 4 is 5.78 Å². The molecule has 2 aliphatic carbocycles. The summed E-state index contributed by atoms with van der Waals surface area (Å²) in [5.74, 6) is 0.671. The highest BCUT2D eigenvalue weighted by Crippen LogP contribution is 2.52. The molecule has 0 bridgehead atoms. The lowest BCUT2D eigenvalue weighted by Gasteiger charge is -2.33. The molecule has 2 fully saturated rings. The molecule has 2 rings (SSSR count). The van der Waals surface area contributed by atoms with E-state index >= 15 is 0 Å². The summed E-state index contributed by atoms with van der Waals surface area (Å²) in [5.41, 5.74) is 1.44. The maximum atomic E-state index is 11.7. The summed E-state index contributed by atoms with van der Waals surface area (Å²) in [7, 11) is 0. The molecule has 0 aromatic carbocycles. The standard InChI is InChI=1S/C13H20O/c1-10-9-12(14)11(2)13(10)7-5-3-4-6-8-13/h11H,1,3-9H2,2H3. The monoisotopic (exact) mass is 192 g/mol. The van der Waals surface area contributed by atoms with Crippen molar-refractivity contribution in [2.24, 2.45) is 11.3 Å². The fourth-order valence-corrected chi connectivity index (χ4v) is 3.30. The Hall–Kier alpha value is -0.590. The predicted molar refractivity (Wildman–Crippen MR) is 58.1 cm³/mol. The van der Waals surface area contributed by atoms with Crippen molar-refractivity contribution in [3.05, 3.63) is 12.2 Å². The highest BCUT2D eigenvalue weighted by Gasteiger charge is 2.47. The van der Waals surface area contributed by atoms with Gasteiger partial charge in [0.05, 0.1) is 0 Å². The highest BCUT2D eigenvalue weighted by atomic mass is 16.1. The molecular weight excluding hydrogens is 172 g/mol. The molecule has 78 valence electrons.